The molecule has 1 unspecified atom stereocenters. The molecule has 3 aromatic carbocycles. The van der Waals surface area contributed by atoms with Crippen LogP contribution in [0.3, 0.4) is 0 Å². The first-order valence-corrected chi connectivity index (χ1v) is 17.8. The molecule has 4 aromatic rings. The summed E-state index contributed by atoms with van der Waals surface area (Å²) in [5.41, 5.74) is -4.40. The van der Waals surface area contributed by atoms with Gasteiger partial charge in [0.25, 0.3) is 0 Å². The van der Waals surface area contributed by atoms with Gasteiger partial charge in [0.05, 0.1) is 0 Å². The van der Waals surface area contributed by atoms with Crippen LogP contribution < -0.4 is 0 Å². The van der Waals surface area contributed by atoms with Gasteiger partial charge < -0.3 is 0 Å². The van der Waals surface area contributed by atoms with Gasteiger partial charge in [-0.1, -0.05) is 0 Å². The number of rotatable bonds is 15. The quantitative estimate of drug-likeness (QED) is 0.0828. The molecule has 0 aliphatic carbocycles. The number of nitriles is 1. The van der Waals surface area contributed by atoms with Crippen LogP contribution in [0.2, 0.25) is 0 Å². The number of aromatic nitrogens is 2. The third-order valence-electron chi connectivity index (χ3n) is 8.95. The molecule has 0 spiro atoms. The fourth-order valence-electron chi connectivity index (χ4n) is 7.56. The predicted octanol–water partition coefficient (Wildman–Crippen LogP) is 5.91. The fourth-order valence-corrected chi connectivity index (χ4v) is 10.3. The van der Waals surface area contributed by atoms with E-state index in [2.05, 4.69) is 11.2 Å². The van der Waals surface area contributed by atoms with E-state index in [4.69, 9.17) is 9.47 Å². The minimum absolute atomic E-state index is 0.108. The molecule has 3 N–H and O–H groups in total. The zero-order valence-corrected chi connectivity index (χ0v) is 28.5. The number of hydrogen-bond donors (Lipinski definition) is 3. The summed E-state index contributed by atoms with van der Waals surface area (Å²) in [6.07, 6.45) is 2.97. The zero-order valence-electron chi connectivity index (χ0n) is 27.6. The molecule has 0 fully saturated rings. The Bertz CT molecular complexity index is 1460. The van der Waals surface area contributed by atoms with Gasteiger partial charge in [0.15, 0.2) is 0 Å². The van der Waals surface area contributed by atoms with Crippen LogP contribution in [0.4, 0.5) is 0 Å². The van der Waals surface area contributed by atoms with E-state index in [0.29, 0.717) is 16.7 Å². The van der Waals surface area contributed by atoms with Gasteiger partial charge in [-0.3, -0.25) is 0 Å². The average Bonchev–Trinajstić information content (AvgIpc) is 3.56. The molecule has 0 aliphatic rings. The number of benzene rings is 3. The normalized spacial score (nSPS) is 15.0. The number of hydrogen-bond acceptors (Lipinski definition) is 8. The van der Waals surface area contributed by atoms with Gasteiger partial charge in [-0.2, -0.15) is 0 Å². The summed E-state index contributed by atoms with van der Waals surface area (Å²) in [5.74, 6) is 0. The molecule has 246 valence electrons. The van der Waals surface area contributed by atoms with Crippen LogP contribution in [0.1, 0.15) is 50.8 Å². The Labute approximate surface area is 272 Å². The molecule has 1 atom stereocenters. The van der Waals surface area contributed by atoms with Gasteiger partial charge in [0.1, 0.15) is 0 Å². The molecule has 1 aromatic heterocycles. The topological polar surface area (TPSA) is 124 Å². The number of methoxy groups -OCH3 is 2. The van der Waals surface area contributed by atoms with Crippen molar-refractivity contribution in [3.05, 3.63) is 126 Å². The van der Waals surface area contributed by atoms with E-state index in [1.165, 1.54) is 14.2 Å². The molecule has 0 radical (unpaired) electrons. The van der Waals surface area contributed by atoms with Crippen molar-refractivity contribution >= 4 is 7.28 Å². The Morgan fingerprint density at radius 3 is 1.54 bits per heavy atom. The fraction of sp³-hybridized carbons (Fsp3) is 0.389. The van der Waals surface area contributed by atoms with Crippen LogP contribution in [-0.2, 0) is 21.4 Å². The van der Waals surface area contributed by atoms with Crippen molar-refractivity contribution in [1.29, 1.82) is 5.26 Å². The van der Waals surface area contributed by atoms with Crippen LogP contribution >= 0.6 is 7.28 Å². The molecule has 0 saturated heterocycles. The third kappa shape index (κ3) is 5.59. The van der Waals surface area contributed by atoms with Crippen LogP contribution in [0, 0.1) is 11.3 Å². The molecule has 0 saturated carbocycles. The van der Waals surface area contributed by atoms with Crippen LogP contribution in [0.5, 0.6) is 0 Å². The molecule has 46 heavy (non-hydrogen) atoms. The zero-order chi connectivity index (χ0) is 33.7. The molecule has 9 nitrogen and oxygen atoms in total. The predicted molar refractivity (Wildman–Crippen MR) is 182 cm³/mol. The van der Waals surface area contributed by atoms with Crippen molar-refractivity contribution in [2.75, 3.05) is 20.4 Å². The summed E-state index contributed by atoms with van der Waals surface area (Å²) in [4.78, 5) is 39.7. The van der Waals surface area contributed by atoms with Crippen LogP contribution in [-0.4, -0.2) is 72.9 Å². The first-order valence-electron chi connectivity index (χ1n) is 15.6. The van der Waals surface area contributed by atoms with Crippen molar-refractivity contribution in [2.24, 2.45) is 0 Å². The van der Waals surface area contributed by atoms with E-state index in [9.17, 15) is 19.9 Å². The Kier molecular flexibility index (Phi) is 10.6. The molecule has 0 amide bonds. The standard InChI is InChI=1S/C36H47N4O5P/c1-29(2)40(30(3)4)34(28-37,36(44-5,45-6)46(41,42,43)27-17-26-39-25-16-24-38-39)35(31-18-10-7-11-19-31,32-20-12-8-13-21-32)33-22-14-9-15-23-33/h7-16,18-25,29-30,41-43H,17,26-27H2,1-6H3. The van der Waals surface area contributed by atoms with E-state index in [1.54, 1.807) is 23.1 Å². The van der Waals surface area contributed by atoms with E-state index >= 15 is 0 Å². The molecular weight excluding hydrogens is 599 g/mol. The van der Waals surface area contributed by atoms with Gasteiger partial charge in [0.2, 0.25) is 0 Å². The molecule has 0 bridgehead atoms. The van der Waals surface area contributed by atoms with Gasteiger partial charge in [-0.05, 0) is 0 Å². The summed E-state index contributed by atoms with van der Waals surface area (Å²) >= 11 is 0. The third-order valence-corrected chi connectivity index (χ3v) is 12.0. The van der Waals surface area contributed by atoms with Gasteiger partial charge in [-0.25, -0.2) is 0 Å². The van der Waals surface area contributed by atoms with Gasteiger partial charge in [0, 0.05) is 0 Å². The maximum atomic E-state index is 12.6. The van der Waals surface area contributed by atoms with Crippen LogP contribution in [0.15, 0.2) is 109 Å². The van der Waals surface area contributed by atoms with Gasteiger partial charge in [-0.15, -0.1) is 0 Å². The van der Waals surface area contributed by atoms with Crippen molar-refractivity contribution in [3.8, 4) is 6.07 Å². The Hall–Kier alpha value is -3.45. The number of aryl methyl sites for hydroxylation is 1. The number of nitrogens with zero attached hydrogens (tertiary/aromatic N) is 4. The first kappa shape index (κ1) is 35.4. The SMILES string of the molecule is COC(OC)(C(C#N)(N(C(C)C)C(C)C)C(c1ccccc1)(c1ccccc1)c1ccccc1)P(O)(O)(O)CCCn1cccn1. The summed E-state index contributed by atoms with van der Waals surface area (Å²) in [7, 11) is -3.68. The Morgan fingerprint density at radius 1 is 0.783 bits per heavy atom. The summed E-state index contributed by atoms with van der Waals surface area (Å²) in [6, 6.07) is 32.1. The second kappa shape index (κ2) is 13.7. The van der Waals surface area contributed by atoms with E-state index in [1.807, 2.05) is 124 Å². The van der Waals surface area contributed by atoms with Crippen molar-refractivity contribution in [1.82, 2.24) is 14.7 Å². The van der Waals surface area contributed by atoms with E-state index in [-0.39, 0.29) is 25.0 Å². The minimum atomic E-state index is -6.21. The molecule has 10 heteroatoms. The van der Waals surface area contributed by atoms with E-state index in [0.717, 1.165) is 0 Å². The molecule has 4 rings (SSSR count). The molecule has 1 heterocycles. The average molecular weight is 647 g/mol. The summed E-state index contributed by atoms with van der Waals surface area (Å²) < 4.78 is 14.1. The van der Waals surface area contributed by atoms with Gasteiger partial charge >= 0.3 is 273 Å². The Balaban J connectivity index is 2.27. The maximum absolute atomic E-state index is 12.6. The first-order chi connectivity index (χ1) is 21.9. The molecule has 0 aliphatic heterocycles. The monoisotopic (exact) mass is 646 g/mol. The summed E-state index contributed by atoms with van der Waals surface area (Å²) in [6.45, 7) is 8.04. The van der Waals surface area contributed by atoms with Crippen molar-refractivity contribution < 1.29 is 24.2 Å². The van der Waals surface area contributed by atoms with Crippen LogP contribution in [0.25, 0.3) is 0 Å². The number of ether oxygens (including phenoxy) is 2. The van der Waals surface area contributed by atoms with Crippen molar-refractivity contribution in [3.63, 3.8) is 0 Å². The Morgan fingerprint density at radius 2 is 1.22 bits per heavy atom. The molecular formula is C36H47N4O5P. The van der Waals surface area contributed by atoms with Crippen molar-refractivity contribution in [2.45, 2.75) is 69.2 Å². The van der Waals surface area contributed by atoms with E-state index < -0.39 is 29.9 Å². The second-order valence-electron chi connectivity index (χ2n) is 12.3. The summed E-state index contributed by atoms with van der Waals surface area (Å²) in [5, 5.41) is 16.3. The second-order valence-corrected chi connectivity index (χ2v) is 15.6.